The van der Waals surface area contributed by atoms with Crippen molar-refractivity contribution in [2.45, 2.75) is 39.8 Å². The molecule has 4 aromatic rings. The van der Waals surface area contributed by atoms with Crippen molar-refractivity contribution < 1.29 is 28.9 Å². The summed E-state index contributed by atoms with van der Waals surface area (Å²) >= 11 is 6.42. The van der Waals surface area contributed by atoms with Gasteiger partial charge in [0, 0.05) is 22.3 Å². The van der Waals surface area contributed by atoms with Crippen LogP contribution in [0.5, 0.6) is 17.2 Å². The van der Waals surface area contributed by atoms with Crippen LogP contribution in [0.4, 0.5) is 10.5 Å². The Morgan fingerprint density at radius 2 is 1.79 bits per heavy atom. The van der Waals surface area contributed by atoms with Crippen molar-refractivity contribution in [3.63, 3.8) is 0 Å². The number of benzene rings is 3. The van der Waals surface area contributed by atoms with Gasteiger partial charge in [0.1, 0.15) is 17.2 Å². The second kappa shape index (κ2) is 14.0. The average molecular weight is 608 g/mol. The molecule has 0 aliphatic heterocycles. The van der Waals surface area contributed by atoms with E-state index in [9.17, 15) is 19.5 Å². The average Bonchev–Trinajstić information content (AvgIpc) is 2.99. The highest BCUT2D eigenvalue weighted by atomic mass is 35.5. The second-order valence-corrected chi connectivity index (χ2v) is 10.2. The van der Waals surface area contributed by atoms with Crippen LogP contribution < -0.4 is 25.7 Å². The highest BCUT2D eigenvalue weighted by Crippen LogP contribution is 2.30. The first-order valence-electron chi connectivity index (χ1n) is 13.8. The molecule has 0 bridgehead atoms. The van der Waals surface area contributed by atoms with E-state index >= 15 is 0 Å². The molecule has 4 rings (SSSR count). The number of fused-ring (bicyclic) bond motifs is 1. The fourth-order valence-electron chi connectivity index (χ4n) is 4.71. The maximum atomic E-state index is 13.5. The number of ether oxygens (including phenoxy) is 3. The molecular weight excluding hydrogens is 574 g/mol. The number of hydrogen-bond donors (Lipinski definition) is 3. The number of methoxy groups -OCH3 is 1. The summed E-state index contributed by atoms with van der Waals surface area (Å²) in [6.45, 7) is 5.77. The maximum Gasteiger partial charge on any atom is 0.319 e. The zero-order chi connectivity index (χ0) is 31.1. The molecule has 1 atom stereocenters. The Balaban J connectivity index is 1.63. The minimum absolute atomic E-state index is 0.0403. The number of rotatable bonds is 11. The van der Waals surface area contributed by atoms with Gasteiger partial charge in [-0.15, -0.1) is 0 Å². The quantitative estimate of drug-likeness (QED) is 0.180. The third-order valence-electron chi connectivity index (χ3n) is 6.83. The predicted octanol–water partition coefficient (Wildman–Crippen LogP) is 5.94. The molecule has 0 saturated heterocycles. The highest BCUT2D eigenvalue weighted by Gasteiger charge is 2.23. The predicted molar refractivity (Wildman–Crippen MR) is 165 cm³/mol. The number of nitrogens with one attached hydrogen (secondary N) is 2. The van der Waals surface area contributed by atoms with E-state index in [2.05, 4.69) is 10.6 Å². The molecule has 0 radical (unpaired) electrons. The molecule has 2 amide bonds. The van der Waals surface area contributed by atoms with E-state index in [0.717, 1.165) is 10.8 Å². The van der Waals surface area contributed by atoms with Crippen molar-refractivity contribution in [3.8, 4) is 17.2 Å². The Morgan fingerprint density at radius 3 is 2.51 bits per heavy atom. The van der Waals surface area contributed by atoms with Gasteiger partial charge >= 0.3 is 12.0 Å². The van der Waals surface area contributed by atoms with Gasteiger partial charge < -0.3 is 34.5 Å². The number of carbonyl (C=O) groups is 2. The van der Waals surface area contributed by atoms with Crippen LogP contribution in [0.15, 0.2) is 65.6 Å². The Hall–Kier alpha value is -4.70. The molecule has 1 heterocycles. The smallest absolute Gasteiger partial charge is 0.319 e. The molecule has 226 valence electrons. The number of halogens is 1. The summed E-state index contributed by atoms with van der Waals surface area (Å²) in [6.07, 6.45) is 1.33. The summed E-state index contributed by atoms with van der Waals surface area (Å²) in [7, 11) is 1.59. The van der Waals surface area contributed by atoms with Crippen LogP contribution >= 0.6 is 11.6 Å². The zero-order valence-corrected chi connectivity index (χ0v) is 25.2. The first kappa shape index (κ1) is 31.2. The van der Waals surface area contributed by atoms with Crippen LogP contribution in [0.3, 0.4) is 0 Å². The van der Waals surface area contributed by atoms with Crippen LogP contribution in [0.1, 0.15) is 43.0 Å². The number of pyridine rings is 1. The Morgan fingerprint density at radius 1 is 1.05 bits per heavy atom. The number of nitrogens with zero attached hydrogens (tertiary/aromatic N) is 1. The number of hydrogen-bond acceptors (Lipinski definition) is 7. The fourth-order valence-corrected chi connectivity index (χ4v) is 4.94. The summed E-state index contributed by atoms with van der Waals surface area (Å²) < 4.78 is 17.4. The number of urea groups is 1. The van der Waals surface area contributed by atoms with Gasteiger partial charge in [-0.2, -0.15) is 0 Å². The Labute approximate surface area is 254 Å². The van der Waals surface area contributed by atoms with Crippen LogP contribution in [-0.4, -0.2) is 42.0 Å². The van der Waals surface area contributed by atoms with Crippen molar-refractivity contribution in [2.24, 2.45) is 0 Å². The maximum absolute atomic E-state index is 13.5. The van der Waals surface area contributed by atoms with Crippen molar-refractivity contribution in [1.82, 2.24) is 9.88 Å². The van der Waals surface area contributed by atoms with Gasteiger partial charge in [0.05, 0.1) is 39.3 Å². The van der Waals surface area contributed by atoms with E-state index in [1.54, 1.807) is 45.2 Å². The normalized spacial score (nSPS) is 11.6. The Kier molecular flexibility index (Phi) is 10.2. The lowest BCUT2D eigenvalue weighted by molar-refractivity contribution is -0.143. The van der Waals surface area contributed by atoms with Crippen LogP contribution in [0.2, 0.25) is 5.02 Å². The molecule has 3 aromatic carbocycles. The number of amides is 2. The summed E-state index contributed by atoms with van der Waals surface area (Å²) in [4.78, 5) is 39.2. The van der Waals surface area contributed by atoms with E-state index in [4.69, 9.17) is 25.8 Å². The molecule has 0 unspecified atom stereocenters. The van der Waals surface area contributed by atoms with Crippen molar-refractivity contribution in [2.75, 3.05) is 25.6 Å². The Bertz CT molecular complexity index is 1700. The minimum atomic E-state index is -0.795. The number of aromatic hydroxyl groups is 1. The van der Waals surface area contributed by atoms with Gasteiger partial charge in [-0.05, 0) is 67.4 Å². The molecule has 0 aliphatic rings. The molecule has 1 aromatic heterocycles. The first-order valence-corrected chi connectivity index (χ1v) is 14.2. The van der Waals surface area contributed by atoms with Crippen molar-refractivity contribution in [3.05, 3.63) is 92.9 Å². The molecule has 0 saturated carbocycles. The third-order valence-corrected chi connectivity index (χ3v) is 7.19. The zero-order valence-electron chi connectivity index (χ0n) is 24.4. The molecule has 11 heteroatoms. The topological polar surface area (TPSA) is 128 Å². The third kappa shape index (κ3) is 7.39. The standard InChI is InChI=1S/C32H34ClN3O7/c1-5-42-27-9-7-8-25(33)24(27)18-36-17-19(3)30(38)29(31(36)39)35-32(40)34-26(16-28(37)43-6-2)22-11-10-21-15-23(41-4)13-12-20(21)14-22/h7-15,17,26,38H,5-6,16,18H2,1-4H3,(H2,34,35,40)/t26-/m0/s1. The van der Waals surface area contributed by atoms with E-state index in [0.29, 0.717) is 39.8 Å². The second-order valence-electron chi connectivity index (χ2n) is 9.75. The minimum Gasteiger partial charge on any atom is -0.505 e. The molecule has 0 fully saturated rings. The van der Waals surface area contributed by atoms with E-state index < -0.39 is 23.6 Å². The van der Waals surface area contributed by atoms with Crippen LogP contribution in [0, 0.1) is 6.92 Å². The monoisotopic (exact) mass is 607 g/mol. The van der Waals surface area contributed by atoms with Gasteiger partial charge in [-0.25, -0.2) is 4.79 Å². The molecule has 10 nitrogen and oxygen atoms in total. The summed E-state index contributed by atoms with van der Waals surface area (Å²) in [5, 5.41) is 18.2. The van der Waals surface area contributed by atoms with Crippen molar-refractivity contribution in [1.29, 1.82) is 0 Å². The number of carbonyl (C=O) groups excluding carboxylic acids is 2. The molecule has 0 aliphatic carbocycles. The lowest BCUT2D eigenvalue weighted by Crippen LogP contribution is -2.36. The first-order chi connectivity index (χ1) is 20.6. The van der Waals surface area contributed by atoms with Gasteiger partial charge in [0.2, 0.25) is 0 Å². The van der Waals surface area contributed by atoms with E-state index in [1.807, 2.05) is 37.3 Å². The largest absolute Gasteiger partial charge is 0.505 e. The number of aryl methyl sites for hydroxylation is 1. The number of anilines is 1. The summed E-state index contributed by atoms with van der Waals surface area (Å²) in [6, 6.07) is 14.7. The highest BCUT2D eigenvalue weighted by molar-refractivity contribution is 6.31. The lowest BCUT2D eigenvalue weighted by Gasteiger charge is -2.20. The number of aromatic nitrogens is 1. The summed E-state index contributed by atoms with van der Waals surface area (Å²) in [5.41, 5.74) is 0.615. The van der Waals surface area contributed by atoms with Gasteiger partial charge in [-0.3, -0.25) is 9.59 Å². The molecule has 3 N–H and O–H groups in total. The van der Waals surface area contributed by atoms with Crippen molar-refractivity contribution >= 4 is 40.1 Å². The SMILES string of the molecule is CCOC(=O)C[C@H](NC(=O)Nc1c(O)c(C)cn(Cc2c(Cl)cccc2OCC)c1=O)c1ccc2cc(OC)ccc2c1. The fraction of sp³-hybridized carbons (Fsp3) is 0.281. The molecule has 43 heavy (non-hydrogen) atoms. The molecular formula is C32H34ClN3O7. The molecule has 0 spiro atoms. The van der Waals surface area contributed by atoms with Crippen LogP contribution in [-0.2, 0) is 16.1 Å². The lowest BCUT2D eigenvalue weighted by atomic mass is 9.99. The van der Waals surface area contributed by atoms with Gasteiger partial charge in [0.15, 0.2) is 5.69 Å². The summed E-state index contributed by atoms with van der Waals surface area (Å²) in [5.74, 6) is 0.346. The van der Waals surface area contributed by atoms with E-state index in [-0.39, 0.29) is 31.0 Å². The van der Waals surface area contributed by atoms with Crippen LogP contribution in [0.25, 0.3) is 10.8 Å². The van der Waals surface area contributed by atoms with E-state index in [1.165, 1.54) is 10.8 Å². The van der Waals surface area contributed by atoms with Gasteiger partial charge in [0.25, 0.3) is 5.56 Å². The van der Waals surface area contributed by atoms with Gasteiger partial charge in [-0.1, -0.05) is 35.9 Å². The number of esters is 1.